The predicted octanol–water partition coefficient (Wildman–Crippen LogP) is 2.59. The second kappa shape index (κ2) is 4.83. The summed E-state index contributed by atoms with van der Waals surface area (Å²) in [4.78, 5) is 14.6. The average Bonchev–Trinajstić information content (AvgIpc) is 2.39. The van der Waals surface area contributed by atoms with Gasteiger partial charge in [0.05, 0.1) is 18.4 Å². The molecule has 0 saturated carbocycles. The second-order valence-electron chi connectivity index (χ2n) is 3.58. The zero-order chi connectivity index (χ0) is 13.1. The van der Waals surface area contributed by atoms with Crippen molar-refractivity contribution in [1.82, 2.24) is 4.98 Å². The quantitative estimate of drug-likeness (QED) is 0.905. The van der Waals surface area contributed by atoms with Crippen molar-refractivity contribution >= 4 is 5.97 Å². The Labute approximate surface area is 103 Å². The molecule has 0 bridgehead atoms. The lowest BCUT2D eigenvalue weighted by molar-refractivity contribution is 0.0696. The van der Waals surface area contributed by atoms with Crippen LogP contribution in [0.25, 0.3) is 11.3 Å². The van der Waals surface area contributed by atoms with Crippen LogP contribution in [0.4, 0.5) is 4.39 Å². The molecule has 5 heteroatoms. The summed E-state index contributed by atoms with van der Waals surface area (Å²) >= 11 is 0. The Morgan fingerprint density at radius 1 is 1.33 bits per heavy atom. The maximum Gasteiger partial charge on any atom is 0.337 e. The fourth-order valence-electron chi connectivity index (χ4n) is 1.51. The Morgan fingerprint density at radius 2 is 2.11 bits per heavy atom. The van der Waals surface area contributed by atoms with E-state index in [1.54, 1.807) is 0 Å². The fraction of sp³-hybridized carbons (Fsp3) is 0.0769. The van der Waals surface area contributed by atoms with Crippen LogP contribution in [0.15, 0.2) is 36.5 Å². The minimum Gasteiger partial charge on any atom is -0.497 e. The molecule has 0 fully saturated rings. The van der Waals surface area contributed by atoms with Crippen molar-refractivity contribution in [3.8, 4) is 17.0 Å². The van der Waals surface area contributed by atoms with Gasteiger partial charge in [0.25, 0.3) is 0 Å². The number of carboxylic acids is 1. The standard InChI is InChI=1S/C13H10FNO3/c1-18-9-3-4-11(14)10(6-9)12-5-2-8(7-15-12)13(16)17/h2-7H,1H3,(H,16,17). The van der Waals surface area contributed by atoms with Gasteiger partial charge in [0, 0.05) is 11.8 Å². The maximum absolute atomic E-state index is 13.6. The number of pyridine rings is 1. The summed E-state index contributed by atoms with van der Waals surface area (Å²) in [5.74, 6) is -0.998. The van der Waals surface area contributed by atoms with Crippen molar-refractivity contribution in [2.24, 2.45) is 0 Å². The monoisotopic (exact) mass is 247 g/mol. The van der Waals surface area contributed by atoms with Crippen LogP contribution in [-0.2, 0) is 0 Å². The first-order valence-electron chi connectivity index (χ1n) is 5.15. The minimum atomic E-state index is -1.07. The molecule has 18 heavy (non-hydrogen) atoms. The highest BCUT2D eigenvalue weighted by Gasteiger charge is 2.09. The molecule has 0 aliphatic rings. The molecule has 1 heterocycles. The van der Waals surface area contributed by atoms with Crippen molar-refractivity contribution in [1.29, 1.82) is 0 Å². The van der Waals surface area contributed by atoms with E-state index in [1.165, 1.54) is 43.6 Å². The van der Waals surface area contributed by atoms with Crippen molar-refractivity contribution in [3.05, 3.63) is 47.9 Å². The van der Waals surface area contributed by atoms with Crippen LogP contribution in [-0.4, -0.2) is 23.2 Å². The van der Waals surface area contributed by atoms with E-state index >= 15 is 0 Å². The summed E-state index contributed by atoms with van der Waals surface area (Å²) in [6.45, 7) is 0. The van der Waals surface area contributed by atoms with E-state index in [4.69, 9.17) is 9.84 Å². The van der Waals surface area contributed by atoms with Gasteiger partial charge in [-0.3, -0.25) is 4.98 Å². The number of nitrogens with zero attached hydrogens (tertiary/aromatic N) is 1. The van der Waals surface area contributed by atoms with Crippen LogP contribution in [0.2, 0.25) is 0 Å². The van der Waals surface area contributed by atoms with E-state index in [1.807, 2.05) is 0 Å². The number of halogens is 1. The third kappa shape index (κ3) is 2.29. The fourth-order valence-corrected chi connectivity index (χ4v) is 1.51. The van der Waals surface area contributed by atoms with E-state index in [2.05, 4.69) is 4.98 Å². The molecule has 92 valence electrons. The van der Waals surface area contributed by atoms with Gasteiger partial charge in [0.15, 0.2) is 0 Å². The van der Waals surface area contributed by atoms with Crippen molar-refractivity contribution in [3.63, 3.8) is 0 Å². The molecule has 0 aliphatic heterocycles. The van der Waals surface area contributed by atoms with Crippen LogP contribution in [0.5, 0.6) is 5.75 Å². The molecular weight excluding hydrogens is 237 g/mol. The molecule has 0 radical (unpaired) electrons. The molecule has 4 nitrogen and oxygen atoms in total. The average molecular weight is 247 g/mol. The Bertz CT molecular complexity index is 581. The number of hydrogen-bond acceptors (Lipinski definition) is 3. The van der Waals surface area contributed by atoms with E-state index < -0.39 is 11.8 Å². The molecule has 0 amide bonds. The highest BCUT2D eigenvalue weighted by molar-refractivity contribution is 5.87. The van der Waals surface area contributed by atoms with Crippen LogP contribution in [0.3, 0.4) is 0 Å². The van der Waals surface area contributed by atoms with Gasteiger partial charge < -0.3 is 9.84 Å². The first-order chi connectivity index (χ1) is 8.61. The minimum absolute atomic E-state index is 0.0575. The topological polar surface area (TPSA) is 59.4 Å². The molecule has 1 N–H and O–H groups in total. The molecule has 2 rings (SSSR count). The number of carboxylic acid groups (broad SMARTS) is 1. The van der Waals surface area contributed by atoms with Gasteiger partial charge in [0.2, 0.25) is 0 Å². The van der Waals surface area contributed by atoms with Crippen LogP contribution < -0.4 is 4.74 Å². The largest absolute Gasteiger partial charge is 0.497 e. The number of ether oxygens (including phenoxy) is 1. The smallest absolute Gasteiger partial charge is 0.337 e. The van der Waals surface area contributed by atoms with Gasteiger partial charge in [0.1, 0.15) is 11.6 Å². The third-order valence-corrected chi connectivity index (χ3v) is 2.46. The Balaban J connectivity index is 2.44. The number of carbonyl (C=O) groups is 1. The Hall–Kier alpha value is -2.43. The van der Waals surface area contributed by atoms with Gasteiger partial charge in [-0.1, -0.05) is 0 Å². The molecular formula is C13H10FNO3. The normalized spacial score (nSPS) is 10.1. The summed E-state index contributed by atoms with van der Waals surface area (Å²) in [6.07, 6.45) is 1.19. The molecule has 0 aliphatic carbocycles. The summed E-state index contributed by atoms with van der Waals surface area (Å²) in [7, 11) is 1.48. The molecule has 0 saturated heterocycles. The summed E-state index contributed by atoms with van der Waals surface area (Å²) in [5, 5.41) is 8.75. The number of methoxy groups -OCH3 is 1. The maximum atomic E-state index is 13.6. The molecule has 2 aromatic rings. The zero-order valence-corrected chi connectivity index (χ0v) is 9.55. The van der Waals surface area contributed by atoms with Crippen molar-refractivity contribution < 1.29 is 19.0 Å². The van der Waals surface area contributed by atoms with Gasteiger partial charge >= 0.3 is 5.97 Å². The number of benzene rings is 1. The van der Waals surface area contributed by atoms with Crippen LogP contribution in [0.1, 0.15) is 10.4 Å². The van der Waals surface area contributed by atoms with Gasteiger partial charge in [-0.25, -0.2) is 9.18 Å². The van der Waals surface area contributed by atoms with E-state index in [9.17, 15) is 9.18 Å². The van der Waals surface area contributed by atoms with Gasteiger partial charge in [-0.2, -0.15) is 0 Å². The number of hydrogen-bond donors (Lipinski definition) is 1. The van der Waals surface area contributed by atoms with E-state index in [-0.39, 0.29) is 11.1 Å². The SMILES string of the molecule is COc1ccc(F)c(-c2ccc(C(=O)O)cn2)c1. The van der Waals surface area contributed by atoms with Crippen LogP contribution in [0, 0.1) is 5.82 Å². The lowest BCUT2D eigenvalue weighted by Gasteiger charge is -2.05. The van der Waals surface area contributed by atoms with Gasteiger partial charge in [-0.15, -0.1) is 0 Å². The Kier molecular flexibility index (Phi) is 3.23. The lowest BCUT2D eigenvalue weighted by atomic mass is 10.1. The van der Waals surface area contributed by atoms with E-state index in [0.29, 0.717) is 11.4 Å². The highest BCUT2D eigenvalue weighted by Crippen LogP contribution is 2.25. The zero-order valence-electron chi connectivity index (χ0n) is 9.55. The second-order valence-corrected chi connectivity index (χ2v) is 3.58. The third-order valence-electron chi connectivity index (χ3n) is 2.46. The first-order valence-corrected chi connectivity index (χ1v) is 5.15. The molecule has 1 aromatic heterocycles. The highest BCUT2D eigenvalue weighted by atomic mass is 19.1. The van der Waals surface area contributed by atoms with Gasteiger partial charge in [-0.05, 0) is 30.3 Å². The number of aromatic nitrogens is 1. The predicted molar refractivity (Wildman–Crippen MR) is 63.1 cm³/mol. The number of rotatable bonds is 3. The molecule has 0 unspecified atom stereocenters. The lowest BCUT2D eigenvalue weighted by Crippen LogP contribution is -1.97. The summed E-state index contributed by atoms with van der Waals surface area (Å²) in [6, 6.07) is 7.13. The molecule has 1 aromatic carbocycles. The van der Waals surface area contributed by atoms with E-state index in [0.717, 1.165) is 0 Å². The first kappa shape index (κ1) is 12.0. The Morgan fingerprint density at radius 3 is 2.67 bits per heavy atom. The van der Waals surface area contributed by atoms with Crippen molar-refractivity contribution in [2.75, 3.05) is 7.11 Å². The van der Waals surface area contributed by atoms with Crippen molar-refractivity contribution in [2.45, 2.75) is 0 Å². The summed E-state index contributed by atoms with van der Waals surface area (Å²) < 4.78 is 18.6. The molecule has 0 atom stereocenters. The molecule has 0 spiro atoms. The van der Waals surface area contributed by atoms with Crippen LogP contribution >= 0.6 is 0 Å². The summed E-state index contributed by atoms with van der Waals surface area (Å²) in [5.41, 5.74) is 0.685. The number of aromatic carboxylic acids is 1.